The lowest BCUT2D eigenvalue weighted by atomic mass is 9.95. The van der Waals surface area contributed by atoms with Crippen LogP contribution in [-0.4, -0.2) is 51.5 Å². The van der Waals surface area contributed by atoms with Crippen LogP contribution in [0.15, 0.2) is 55.1 Å². The molecule has 0 atom stereocenters. The number of carbonyl (C=O) groups is 2. The molecule has 4 rings (SSSR count). The summed E-state index contributed by atoms with van der Waals surface area (Å²) in [6.07, 6.45) is -3.37. The number of carbonyl (C=O) groups excluding carboxylic acids is 2. The van der Waals surface area contributed by atoms with E-state index in [1.807, 2.05) is 5.32 Å². The molecule has 0 saturated carbocycles. The number of ether oxygens (including phenoxy) is 1. The van der Waals surface area contributed by atoms with Gasteiger partial charge in [-0.1, -0.05) is 18.7 Å². The topological polar surface area (TPSA) is 137 Å². The molecule has 0 aliphatic heterocycles. The van der Waals surface area contributed by atoms with Crippen LogP contribution in [0.5, 0.6) is 5.75 Å². The summed E-state index contributed by atoms with van der Waals surface area (Å²) < 4.78 is 57.5. The van der Waals surface area contributed by atoms with Crippen LogP contribution in [0.2, 0.25) is 0 Å². The van der Waals surface area contributed by atoms with Crippen molar-refractivity contribution < 1.29 is 31.9 Å². The monoisotopic (exact) mass is 543 g/mol. The van der Waals surface area contributed by atoms with Crippen molar-refractivity contribution in [1.29, 1.82) is 0 Å². The van der Waals surface area contributed by atoms with E-state index in [1.165, 1.54) is 36.3 Å². The standard InChI is InChI=1S/C25H21F4N7O3/c1-12-8-15(34-23(37)13(2)26)5-7-16(12)20-19(21-22(30)32-11-33-36(21)35-20)14-4-6-17(18(9-14)39-3)24(38)31-10-25(27,28)29/h4-9,11H,2,10H2,1,3H3,(H,31,38)(H,34,37)(H2,30,32,33). The Labute approximate surface area is 218 Å². The lowest BCUT2D eigenvalue weighted by Crippen LogP contribution is -2.33. The van der Waals surface area contributed by atoms with Crippen LogP contribution in [0.3, 0.4) is 0 Å². The Morgan fingerprint density at radius 1 is 1.18 bits per heavy atom. The Morgan fingerprint density at radius 2 is 1.92 bits per heavy atom. The van der Waals surface area contributed by atoms with Gasteiger partial charge in [-0.25, -0.2) is 9.37 Å². The van der Waals surface area contributed by atoms with E-state index in [1.54, 1.807) is 25.1 Å². The van der Waals surface area contributed by atoms with Crippen LogP contribution in [-0.2, 0) is 4.79 Å². The summed E-state index contributed by atoms with van der Waals surface area (Å²) in [6, 6.07) is 9.09. The maximum atomic E-state index is 13.1. The molecule has 14 heteroatoms. The lowest BCUT2D eigenvalue weighted by molar-refractivity contribution is -0.123. The zero-order chi connectivity index (χ0) is 28.5. The summed E-state index contributed by atoms with van der Waals surface area (Å²) in [6.45, 7) is 3.21. The Bertz CT molecular complexity index is 1620. The molecule has 10 nitrogen and oxygen atoms in total. The first kappa shape index (κ1) is 27.0. The molecule has 0 aliphatic carbocycles. The number of nitrogens with zero attached hydrogens (tertiary/aromatic N) is 4. The van der Waals surface area contributed by atoms with Crippen molar-refractivity contribution in [3.63, 3.8) is 0 Å². The minimum atomic E-state index is -4.58. The average Bonchev–Trinajstić information content (AvgIpc) is 3.27. The Kier molecular flexibility index (Phi) is 7.21. The van der Waals surface area contributed by atoms with Gasteiger partial charge in [0.1, 0.15) is 29.8 Å². The van der Waals surface area contributed by atoms with Crippen LogP contribution in [0.4, 0.5) is 29.1 Å². The second-order valence-electron chi connectivity index (χ2n) is 8.31. The smallest absolute Gasteiger partial charge is 0.405 e. The highest BCUT2D eigenvalue weighted by Gasteiger charge is 2.29. The summed E-state index contributed by atoms with van der Waals surface area (Å²) in [5.74, 6) is -2.99. The molecule has 0 fully saturated rings. The first-order valence-corrected chi connectivity index (χ1v) is 11.2. The van der Waals surface area contributed by atoms with Crippen LogP contribution in [0.25, 0.3) is 27.9 Å². The Morgan fingerprint density at radius 3 is 2.56 bits per heavy atom. The third-order valence-corrected chi connectivity index (χ3v) is 5.64. The highest BCUT2D eigenvalue weighted by atomic mass is 19.4. The highest BCUT2D eigenvalue weighted by Crippen LogP contribution is 2.40. The molecule has 39 heavy (non-hydrogen) atoms. The molecule has 0 saturated heterocycles. The molecule has 0 radical (unpaired) electrons. The third-order valence-electron chi connectivity index (χ3n) is 5.64. The summed E-state index contributed by atoms with van der Waals surface area (Å²) in [5, 5.41) is 12.9. The molecule has 4 N–H and O–H groups in total. The minimum absolute atomic E-state index is 0.00845. The molecule has 2 aromatic carbocycles. The van der Waals surface area contributed by atoms with Crippen molar-refractivity contribution in [3.05, 3.63) is 66.3 Å². The second-order valence-corrected chi connectivity index (χ2v) is 8.31. The average molecular weight is 543 g/mol. The molecule has 2 heterocycles. The van der Waals surface area contributed by atoms with Crippen LogP contribution in [0.1, 0.15) is 15.9 Å². The Balaban J connectivity index is 1.84. The number of nitrogen functional groups attached to an aromatic ring is 1. The van der Waals surface area contributed by atoms with Gasteiger partial charge in [0.2, 0.25) is 0 Å². The molecule has 0 unspecified atom stereocenters. The number of anilines is 2. The van der Waals surface area contributed by atoms with Crippen LogP contribution < -0.4 is 21.1 Å². The van der Waals surface area contributed by atoms with Gasteiger partial charge in [0.15, 0.2) is 11.6 Å². The van der Waals surface area contributed by atoms with Crippen molar-refractivity contribution >= 4 is 28.8 Å². The number of halogens is 4. The summed E-state index contributed by atoms with van der Waals surface area (Å²) >= 11 is 0. The van der Waals surface area contributed by atoms with Gasteiger partial charge in [0.25, 0.3) is 11.8 Å². The number of fused-ring (bicyclic) bond motifs is 1. The summed E-state index contributed by atoms with van der Waals surface area (Å²) in [4.78, 5) is 28.1. The predicted octanol–water partition coefficient (Wildman–Crippen LogP) is 4.07. The predicted molar refractivity (Wildman–Crippen MR) is 135 cm³/mol. The van der Waals surface area contributed by atoms with Gasteiger partial charge in [0.05, 0.1) is 12.7 Å². The summed E-state index contributed by atoms with van der Waals surface area (Å²) in [7, 11) is 1.28. The zero-order valence-corrected chi connectivity index (χ0v) is 20.6. The van der Waals surface area contributed by atoms with Crippen molar-refractivity contribution in [3.8, 4) is 28.1 Å². The number of amides is 2. The van der Waals surface area contributed by atoms with Gasteiger partial charge in [-0.15, -0.1) is 14.8 Å². The fourth-order valence-corrected chi connectivity index (χ4v) is 3.90. The first-order chi connectivity index (χ1) is 18.4. The number of nitrogens with one attached hydrogen (secondary N) is 2. The minimum Gasteiger partial charge on any atom is -0.496 e. The van der Waals surface area contributed by atoms with E-state index in [9.17, 15) is 27.2 Å². The van der Waals surface area contributed by atoms with Crippen LogP contribution >= 0.6 is 0 Å². The maximum absolute atomic E-state index is 13.1. The number of hydrogen-bond donors (Lipinski definition) is 3. The van der Waals surface area contributed by atoms with E-state index in [-0.39, 0.29) is 17.1 Å². The molecular formula is C25H21F4N7O3. The molecule has 0 bridgehead atoms. The summed E-state index contributed by atoms with van der Waals surface area (Å²) in [5.41, 5.74) is 9.22. The normalized spacial score (nSPS) is 11.3. The van der Waals surface area contributed by atoms with E-state index in [0.717, 1.165) is 0 Å². The molecule has 2 aromatic heterocycles. The largest absolute Gasteiger partial charge is 0.496 e. The van der Waals surface area contributed by atoms with E-state index in [4.69, 9.17) is 10.5 Å². The number of aromatic nitrogens is 4. The van der Waals surface area contributed by atoms with Gasteiger partial charge in [-0.2, -0.15) is 13.2 Å². The molecular weight excluding hydrogens is 522 g/mol. The van der Waals surface area contributed by atoms with E-state index < -0.39 is 30.4 Å². The Hall–Kier alpha value is -5.01. The quantitative estimate of drug-likeness (QED) is 0.236. The van der Waals surface area contributed by atoms with Gasteiger partial charge < -0.3 is 21.1 Å². The van der Waals surface area contributed by atoms with Crippen molar-refractivity contribution in [2.24, 2.45) is 0 Å². The third kappa shape index (κ3) is 5.63. The number of rotatable bonds is 7. The molecule has 202 valence electrons. The number of hydrogen-bond acceptors (Lipinski definition) is 7. The fraction of sp³-hybridized carbons (Fsp3) is 0.160. The van der Waals surface area contributed by atoms with E-state index in [0.29, 0.717) is 39.2 Å². The molecule has 2 amide bonds. The van der Waals surface area contributed by atoms with Crippen LogP contribution in [0, 0.1) is 6.92 Å². The van der Waals surface area contributed by atoms with Crippen molar-refractivity contribution in [2.45, 2.75) is 13.1 Å². The highest BCUT2D eigenvalue weighted by molar-refractivity contribution is 6.03. The van der Waals surface area contributed by atoms with Gasteiger partial charge in [0, 0.05) is 16.8 Å². The van der Waals surface area contributed by atoms with E-state index in [2.05, 4.69) is 27.1 Å². The van der Waals surface area contributed by atoms with Crippen molar-refractivity contribution in [1.82, 2.24) is 25.1 Å². The number of benzene rings is 2. The second kappa shape index (κ2) is 10.4. The van der Waals surface area contributed by atoms with Gasteiger partial charge in [-0.05, 0) is 42.3 Å². The fourth-order valence-electron chi connectivity index (χ4n) is 3.90. The number of alkyl halides is 3. The first-order valence-electron chi connectivity index (χ1n) is 11.2. The molecule has 4 aromatic rings. The lowest BCUT2D eigenvalue weighted by Gasteiger charge is -2.13. The number of methoxy groups -OCH3 is 1. The number of nitrogens with two attached hydrogens (primary N) is 1. The number of aryl methyl sites for hydroxylation is 1. The van der Waals surface area contributed by atoms with Gasteiger partial charge >= 0.3 is 6.18 Å². The molecule has 0 aliphatic rings. The van der Waals surface area contributed by atoms with E-state index >= 15 is 0 Å². The van der Waals surface area contributed by atoms with Gasteiger partial charge in [-0.3, -0.25) is 9.59 Å². The van der Waals surface area contributed by atoms with Crippen molar-refractivity contribution in [2.75, 3.05) is 24.7 Å². The zero-order valence-electron chi connectivity index (χ0n) is 20.6. The molecule has 0 spiro atoms. The SMILES string of the molecule is C=C(F)C(=O)Nc1ccc(-c2nn3ncnc(N)c3c2-c2ccc(C(=O)NCC(F)(F)F)c(OC)c2)c(C)c1. The maximum Gasteiger partial charge on any atom is 0.405 e.